The standard InChI is InChI=1S/C12H19I/c13-7-3-1-2-4-11-8-10-5-6-12(11)9-10/h5-6,10-12H,1-4,7-9H2. The average molecular weight is 290 g/mol. The van der Waals surface area contributed by atoms with Gasteiger partial charge in [-0.1, -0.05) is 47.6 Å². The van der Waals surface area contributed by atoms with Crippen molar-refractivity contribution in [2.45, 2.75) is 38.5 Å². The van der Waals surface area contributed by atoms with Crippen molar-refractivity contribution >= 4 is 22.6 Å². The van der Waals surface area contributed by atoms with Crippen LogP contribution in [0.4, 0.5) is 0 Å². The predicted octanol–water partition coefficient (Wildman–Crippen LogP) is 4.19. The van der Waals surface area contributed by atoms with Crippen molar-refractivity contribution in [3.8, 4) is 0 Å². The molecule has 0 aromatic heterocycles. The second kappa shape index (κ2) is 4.81. The maximum Gasteiger partial charge on any atom is -0.000473 e. The predicted molar refractivity (Wildman–Crippen MR) is 66.2 cm³/mol. The van der Waals surface area contributed by atoms with E-state index in [2.05, 4.69) is 34.7 Å². The van der Waals surface area contributed by atoms with Gasteiger partial charge in [0.05, 0.1) is 0 Å². The molecule has 0 heterocycles. The Morgan fingerprint density at radius 3 is 2.62 bits per heavy atom. The number of halogens is 1. The molecule has 0 N–H and O–H groups in total. The van der Waals surface area contributed by atoms with Crippen LogP contribution in [0.25, 0.3) is 0 Å². The average Bonchev–Trinajstić information content (AvgIpc) is 2.73. The van der Waals surface area contributed by atoms with Gasteiger partial charge in [-0.15, -0.1) is 0 Å². The Morgan fingerprint density at radius 1 is 1.08 bits per heavy atom. The third-order valence-corrected chi connectivity index (χ3v) is 4.39. The smallest absolute Gasteiger partial charge is 0.000473 e. The lowest BCUT2D eigenvalue weighted by molar-refractivity contribution is 0.398. The molecule has 1 fully saturated rings. The van der Waals surface area contributed by atoms with Crippen molar-refractivity contribution in [3.05, 3.63) is 12.2 Å². The van der Waals surface area contributed by atoms with E-state index in [-0.39, 0.29) is 0 Å². The summed E-state index contributed by atoms with van der Waals surface area (Å²) in [6, 6.07) is 0. The summed E-state index contributed by atoms with van der Waals surface area (Å²) in [4.78, 5) is 0. The van der Waals surface area contributed by atoms with E-state index in [4.69, 9.17) is 0 Å². The molecule has 0 radical (unpaired) electrons. The van der Waals surface area contributed by atoms with Gasteiger partial charge in [0, 0.05) is 0 Å². The van der Waals surface area contributed by atoms with Gasteiger partial charge in [0.25, 0.3) is 0 Å². The Balaban J connectivity index is 1.64. The van der Waals surface area contributed by atoms with Crippen LogP contribution < -0.4 is 0 Å². The first kappa shape index (κ1) is 10.0. The molecule has 2 rings (SSSR count). The summed E-state index contributed by atoms with van der Waals surface area (Å²) in [5.74, 6) is 3.01. The van der Waals surface area contributed by atoms with E-state index in [0.29, 0.717) is 0 Å². The molecule has 2 bridgehead atoms. The molecule has 1 heteroatoms. The molecule has 0 saturated heterocycles. The lowest BCUT2D eigenvalue weighted by Crippen LogP contribution is -2.06. The normalized spacial score (nSPS) is 35.9. The number of fused-ring (bicyclic) bond motifs is 2. The van der Waals surface area contributed by atoms with Gasteiger partial charge in [-0.05, 0) is 47.9 Å². The Labute approximate surface area is 95.3 Å². The first-order chi connectivity index (χ1) is 6.40. The minimum Gasteiger partial charge on any atom is -0.0864 e. The van der Waals surface area contributed by atoms with Crippen LogP contribution in [0.3, 0.4) is 0 Å². The Hall–Kier alpha value is 0.470. The lowest BCUT2D eigenvalue weighted by atomic mass is 9.89. The summed E-state index contributed by atoms with van der Waals surface area (Å²) >= 11 is 2.48. The minimum atomic E-state index is 0.972. The van der Waals surface area contributed by atoms with E-state index in [1.165, 1.54) is 43.0 Å². The molecule has 1 saturated carbocycles. The zero-order chi connectivity index (χ0) is 9.10. The third-order valence-electron chi connectivity index (χ3n) is 3.62. The number of hydrogen-bond donors (Lipinski definition) is 0. The highest BCUT2D eigenvalue weighted by Gasteiger charge is 2.34. The molecular formula is C12H19I. The van der Waals surface area contributed by atoms with E-state index in [0.717, 1.165) is 17.8 Å². The van der Waals surface area contributed by atoms with Crippen molar-refractivity contribution in [1.29, 1.82) is 0 Å². The van der Waals surface area contributed by atoms with Gasteiger partial charge in [-0.3, -0.25) is 0 Å². The third kappa shape index (κ3) is 2.48. The highest BCUT2D eigenvalue weighted by atomic mass is 127. The van der Waals surface area contributed by atoms with Crippen LogP contribution in [0.2, 0.25) is 0 Å². The fraction of sp³-hybridized carbons (Fsp3) is 0.833. The summed E-state index contributed by atoms with van der Waals surface area (Å²) < 4.78 is 1.34. The molecule has 3 unspecified atom stereocenters. The van der Waals surface area contributed by atoms with Gasteiger partial charge in [0.1, 0.15) is 0 Å². The molecule has 0 aromatic carbocycles. The minimum absolute atomic E-state index is 0.972. The van der Waals surface area contributed by atoms with Crippen LogP contribution in [0, 0.1) is 17.8 Å². The van der Waals surface area contributed by atoms with Gasteiger partial charge < -0.3 is 0 Å². The zero-order valence-corrected chi connectivity index (χ0v) is 10.4. The molecular weight excluding hydrogens is 271 g/mol. The Morgan fingerprint density at radius 2 is 2.00 bits per heavy atom. The molecule has 0 aromatic rings. The van der Waals surface area contributed by atoms with Crippen molar-refractivity contribution in [3.63, 3.8) is 0 Å². The largest absolute Gasteiger partial charge is 0.0864 e. The van der Waals surface area contributed by atoms with Crippen molar-refractivity contribution < 1.29 is 0 Å². The highest BCUT2D eigenvalue weighted by Crippen LogP contribution is 2.45. The summed E-state index contributed by atoms with van der Waals surface area (Å²) in [5.41, 5.74) is 0. The molecule has 3 atom stereocenters. The fourth-order valence-corrected chi connectivity index (χ4v) is 3.44. The van der Waals surface area contributed by atoms with Crippen LogP contribution in [-0.2, 0) is 0 Å². The van der Waals surface area contributed by atoms with Crippen LogP contribution in [-0.4, -0.2) is 4.43 Å². The molecule has 0 spiro atoms. The van der Waals surface area contributed by atoms with E-state index >= 15 is 0 Å². The molecule has 0 aliphatic heterocycles. The summed E-state index contributed by atoms with van der Waals surface area (Å²) in [7, 11) is 0. The SMILES string of the molecule is ICCCCCC1CC2C=CC1C2. The van der Waals surface area contributed by atoms with Gasteiger partial charge in [-0.25, -0.2) is 0 Å². The summed E-state index contributed by atoms with van der Waals surface area (Å²) in [6.07, 6.45) is 13.8. The number of rotatable bonds is 5. The quantitative estimate of drug-likeness (QED) is 0.308. The highest BCUT2D eigenvalue weighted by molar-refractivity contribution is 14.1. The second-order valence-corrected chi connectivity index (χ2v) is 5.66. The first-order valence-corrected chi connectivity index (χ1v) is 7.17. The number of hydrogen-bond acceptors (Lipinski definition) is 0. The maximum atomic E-state index is 2.48. The van der Waals surface area contributed by atoms with Gasteiger partial charge in [0.15, 0.2) is 0 Å². The van der Waals surface area contributed by atoms with Gasteiger partial charge >= 0.3 is 0 Å². The summed E-state index contributed by atoms with van der Waals surface area (Å²) in [5, 5.41) is 0. The van der Waals surface area contributed by atoms with E-state index < -0.39 is 0 Å². The van der Waals surface area contributed by atoms with Crippen LogP contribution >= 0.6 is 22.6 Å². The Bertz CT molecular complexity index is 186. The topological polar surface area (TPSA) is 0 Å². The molecule has 74 valence electrons. The lowest BCUT2D eigenvalue weighted by Gasteiger charge is -2.17. The van der Waals surface area contributed by atoms with E-state index in [9.17, 15) is 0 Å². The Kier molecular flexibility index (Phi) is 3.70. The maximum absolute atomic E-state index is 2.48. The van der Waals surface area contributed by atoms with Crippen molar-refractivity contribution in [2.24, 2.45) is 17.8 Å². The molecule has 13 heavy (non-hydrogen) atoms. The zero-order valence-electron chi connectivity index (χ0n) is 8.21. The summed E-state index contributed by atoms with van der Waals surface area (Å²) in [6.45, 7) is 0. The number of unbranched alkanes of at least 4 members (excludes halogenated alkanes) is 2. The monoisotopic (exact) mass is 290 g/mol. The fourth-order valence-electron chi connectivity index (χ4n) is 2.90. The van der Waals surface area contributed by atoms with Crippen LogP contribution in [0.5, 0.6) is 0 Å². The molecule has 2 aliphatic rings. The van der Waals surface area contributed by atoms with Crippen LogP contribution in [0.1, 0.15) is 38.5 Å². The van der Waals surface area contributed by atoms with Gasteiger partial charge in [0.2, 0.25) is 0 Å². The van der Waals surface area contributed by atoms with Crippen molar-refractivity contribution in [2.75, 3.05) is 4.43 Å². The van der Waals surface area contributed by atoms with Gasteiger partial charge in [-0.2, -0.15) is 0 Å². The van der Waals surface area contributed by atoms with E-state index in [1.54, 1.807) is 0 Å². The number of allylic oxidation sites excluding steroid dienone is 2. The van der Waals surface area contributed by atoms with Crippen LogP contribution in [0.15, 0.2) is 12.2 Å². The first-order valence-electron chi connectivity index (χ1n) is 5.64. The number of alkyl halides is 1. The second-order valence-electron chi connectivity index (χ2n) is 4.58. The van der Waals surface area contributed by atoms with Crippen molar-refractivity contribution in [1.82, 2.24) is 0 Å². The molecule has 2 aliphatic carbocycles. The van der Waals surface area contributed by atoms with E-state index in [1.807, 2.05) is 0 Å². The molecule has 0 amide bonds. The molecule has 0 nitrogen and oxygen atoms in total.